The maximum Gasteiger partial charge on any atom is 0.251 e. The van der Waals surface area contributed by atoms with Crippen LogP contribution in [0.15, 0.2) is 16.6 Å². The van der Waals surface area contributed by atoms with Crippen molar-refractivity contribution >= 4 is 21.7 Å². The van der Waals surface area contributed by atoms with Gasteiger partial charge in [-0.05, 0) is 48.0 Å². The summed E-state index contributed by atoms with van der Waals surface area (Å²) in [6.45, 7) is 0.309. The molecular formula is C14H16BrNO3. The molecule has 1 heterocycles. The van der Waals surface area contributed by atoms with Crippen molar-refractivity contribution in [1.82, 2.24) is 5.32 Å². The zero-order valence-electron chi connectivity index (χ0n) is 10.8. The van der Waals surface area contributed by atoms with Crippen molar-refractivity contribution in [2.75, 3.05) is 13.6 Å². The van der Waals surface area contributed by atoms with Crippen LogP contribution in [-0.2, 0) is 0 Å². The monoisotopic (exact) mass is 325 g/mol. The maximum absolute atomic E-state index is 12.0. The van der Waals surface area contributed by atoms with Crippen molar-refractivity contribution in [3.63, 3.8) is 0 Å². The lowest BCUT2D eigenvalue weighted by atomic mass is 10.1. The summed E-state index contributed by atoms with van der Waals surface area (Å²) in [6, 6.07) is 3.62. The number of hydrogen-bond donors (Lipinski definition) is 1. The second-order valence-electron chi connectivity index (χ2n) is 5.05. The molecule has 2 aliphatic rings. The lowest BCUT2D eigenvalue weighted by Gasteiger charge is -2.21. The molecule has 3 rings (SSSR count). The summed E-state index contributed by atoms with van der Waals surface area (Å²) in [5.41, 5.74) is 0.631. The number of hydrogen-bond acceptors (Lipinski definition) is 4. The van der Waals surface area contributed by atoms with E-state index in [1.807, 2.05) is 6.07 Å². The number of fused-ring (bicyclic) bond motifs is 1. The summed E-state index contributed by atoms with van der Waals surface area (Å²) in [5, 5.41) is 2.87. The van der Waals surface area contributed by atoms with Gasteiger partial charge in [-0.1, -0.05) is 0 Å². The minimum Gasteiger partial charge on any atom is -0.448 e. The average Bonchev–Trinajstić information content (AvgIpc) is 2.95. The highest BCUT2D eigenvalue weighted by molar-refractivity contribution is 9.10. The van der Waals surface area contributed by atoms with E-state index in [1.165, 1.54) is 0 Å². The fourth-order valence-corrected chi connectivity index (χ4v) is 3.25. The number of nitrogens with one attached hydrogen (secondary N) is 1. The smallest absolute Gasteiger partial charge is 0.251 e. The van der Waals surface area contributed by atoms with Crippen LogP contribution < -0.4 is 14.8 Å². The van der Waals surface area contributed by atoms with Crippen LogP contribution in [0.5, 0.6) is 11.5 Å². The molecule has 1 aliphatic carbocycles. The fraction of sp³-hybridized carbons (Fsp3) is 0.500. The molecule has 102 valence electrons. The van der Waals surface area contributed by atoms with Gasteiger partial charge in [0.05, 0.1) is 6.54 Å². The molecule has 0 bridgehead atoms. The van der Waals surface area contributed by atoms with Crippen molar-refractivity contribution in [3.05, 3.63) is 22.2 Å². The van der Waals surface area contributed by atoms with Crippen molar-refractivity contribution in [2.24, 2.45) is 0 Å². The highest BCUT2D eigenvalue weighted by Crippen LogP contribution is 2.48. The SMILES string of the molecule is CNCC(=O)c1cc2c(cc1Br)OC1(CCCC1)O2. The minimum atomic E-state index is -0.480. The summed E-state index contributed by atoms with van der Waals surface area (Å²) in [6.07, 6.45) is 4.08. The van der Waals surface area contributed by atoms with Gasteiger partial charge >= 0.3 is 0 Å². The molecule has 0 saturated heterocycles. The first kappa shape index (κ1) is 12.9. The van der Waals surface area contributed by atoms with E-state index in [0.717, 1.165) is 35.9 Å². The van der Waals surface area contributed by atoms with Gasteiger partial charge in [-0.15, -0.1) is 0 Å². The first-order valence-corrected chi connectivity index (χ1v) is 7.32. The fourth-order valence-electron chi connectivity index (χ4n) is 2.70. The lowest BCUT2D eigenvalue weighted by Crippen LogP contribution is -2.34. The van der Waals surface area contributed by atoms with Gasteiger partial charge in [-0.25, -0.2) is 0 Å². The second-order valence-corrected chi connectivity index (χ2v) is 5.91. The number of benzene rings is 1. The second kappa shape index (κ2) is 4.80. The predicted octanol–water partition coefficient (Wildman–Crippen LogP) is 2.89. The summed E-state index contributed by atoms with van der Waals surface area (Å²) in [7, 11) is 1.76. The third-order valence-corrected chi connectivity index (χ3v) is 4.28. The first-order valence-electron chi connectivity index (χ1n) is 6.53. The Kier molecular flexibility index (Phi) is 3.27. The van der Waals surface area contributed by atoms with Gasteiger partial charge in [-0.3, -0.25) is 4.79 Å². The summed E-state index contributed by atoms with van der Waals surface area (Å²) in [5.74, 6) is 0.972. The number of likely N-dealkylation sites (N-methyl/N-ethyl adjacent to an activating group) is 1. The van der Waals surface area contributed by atoms with Crippen molar-refractivity contribution in [2.45, 2.75) is 31.5 Å². The molecule has 1 aromatic rings. The first-order chi connectivity index (χ1) is 9.13. The molecule has 1 aromatic carbocycles. The Morgan fingerprint density at radius 3 is 2.58 bits per heavy atom. The molecule has 0 radical (unpaired) electrons. The van der Waals surface area contributed by atoms with Crippen molar-refractivity contribution in [3.8, 4) is 11.5 Å². The Bertz CT molecular complexity index is 524. The van der Waals surface area contributed by atoms with E-state index in [2.05, 4.69) is 21.2 Å². The van der Waals surface area contributed by atoms with E-state index >= 15 is 0 Å². The van der Waals surface area contributed by atoms with Gasteiger partial charge < -0.3 is 14.8 Å². The largest absolute Gasteiger partial charge is 0.448 e. The number of halogens is 1. The molecule has 1 fully saturated rings. The van der Waals surface area contributed by atoms with Crippen molar-refractivity contribution in [1.29, 1.82) is 0 Å². The third-order valence-electron chi connectivity index (χ3n) is 3.63. The molecular weight excluding hydrogens is 310 g/mol. The maximum atomic E-state index is 12.0. The van der Waals surface area contributed by atoms with Gasteiger partial charge in [0.2, 0.25) is 0 Å². The van der Waals surface area contributed by atoms with Crippen molar-refractivity contribution < 1.29 is 14.3 Å². The zero-order chi connectivity index (χ0) is 13.5. The highest BCUT2D eigenvalue weighted by atomic mass is 79.9. The van der Waals surface area contributed by atoms with E-state index in [9.17, 15) is 4.79 Å². The number of carbonyl (C=O) groups is 1. The van der Waals surface area contributed by atoms with Gasteiger partial charge in [-0.2, -0.15) is 0 Å². The summed E-state index contributed by atoms with van der Waals surface area (Å²) >= 11 is 3.43. The summed E-state index contributed by atoms with van der Waals surface area (Å²) in [4.78, 5) is 12.0. The van der Waals surface area contributed by atoms with Crippen LogP contribution in [0.3, 0.4) is 0 Å². The zero-order valence-corrected chi connectivity index (χ0v) is 12.4. The molecule has 5 heteroatoms. The van der Waals surface area contributed by atoms with E-state index in [1.54, 1.807) is 13.1 Å². The quantitative estimate of drug-likeness (QED) is 0.868. The molecule has 1 spiro atoms. The Balaban J connectivity index is 1.91. The molecule has 0 aromatic heterocycles. The topological polar surface area (TPSA) is 47.6 Å². The highest BCUT2D eigenvalue weighted by Gasteiger charge is 2.44. The molecule has 19 heavy (non-hydrogen) atoms. The van der Waals surface area contributed by atoms with Crippen LogP contribution >= 0.6 is 15.9 Å². The molecule has 1 aliphatic heterocycles. The number of rotatable bonds is 3. The van der Waals surface area contributed by atoms with Gasteiger partial charge in [0.15, 0.2) is 17.3 Å². The normalized spacial score (nSPS) is 19.1. The molecule has 1 saturated carbocycles. The van der Waals surface area contributed by atoms with Crippen LogP contribution in [0.4, 0.5) is 0 Å². The van der Waals surface area contributed by atoms with E-state index < -0.39 is 5.79 Å². The van der Waals surface area contributed by atoms with Crippen LogP contribution in [0.2, 0.25) is 0 Å². The Morgan fingerprint density at radius 2 is 1.95 bits per heavy atom. The molecule has 0 amide bonds. The summed E-state index contributed by atoms with van der Waals surface area (Å²) < 4.78 is 12.7. The lowest BCUT2D eigenvalue weighted by molar-refractivity contribution is -0.0716. The number of ketones is 1. The van der Waals surface area contributed by atoms with Crippen LogP contribution in [0.25, 0.3) is 0 Å². The van der Waals surface area contributed by atoms with Gasteiger partial charge in [0, 0.05) is 22.9 Å². The Labute approximate surface area is 120 Å². The molecule has 0 unspecified atom stereocenters. The van der Waals surface area contributed by atoms with Crippen LogP contribution in [0.1, 0.15) is 36.0 Å². The van der Waals surface area contributed by atoms with E-state index in [-0.39, 0.29) is 5.78 Å². The average molecular weight is 326 g/mol. The number of ether oxygens (including phenoxy) is 2. The number of Topliss-reactive ketones (excluding diaryl/α,β-unsaturated/α-hetero) is 1. The molecule has 0 atom stereocenters. The Hall–Kier alpha value is -1.07. The van der Waals surface area contributed by atoms with E-state index in [0.29, 0.717) is 17.9 Å². The van der Waals surface area contributed by atoms with E-state index in [4.69, 9.17) is 9.47 Å². The van der Waals surface area contributed by atoms with Crippen LogP contribution in [0, 0.1) is 0 Å². The van der Waals surface area contributed by atoms with Gasteiger partial charge in [0.25, 0.3) is 5.79 Å². The third kappa shape index (κ3) is 2.25. The standard InChI is InChI=1S/C14H16BrNO3/c1-16-8-11(17)9-6-12-13(7-10(9)15)19-14(18-12)4-2-3-5-14/h6-7,16H,2-5,8H2,1H3. The Morgan fingerprint density at radius 1 is 1.32 bits per heavy atom. The number of carbonyl (C=O) groups excluding carboxylic acids is 1. The predicted molar refractivity (Wildman–Crippen MR) is 74.9 cm³/mol. The van der Waals surface area contributed by atoms with Crippen LogP contribution in [-0.4, -0.2) is 25.2 Å². The minimum absolute atomic E-state index is 0.0353. The van der Waals surface area contributed by atoms with Gasteiger partial charge in [0.1, 0.15) is 0 Å². The molecule has 1 N–H and O–H groups in total. The molecule has 4 nitrogen and oxygen atoms in total.